The number of nitrogens with zero attached hydrogens (tertiary/aromatic N) is 2. The van der Waals surface area contributed by atoms with Gasteiger partial charge >= 0.3 is 0 Å². The predicted molar refractivity (Wildman–Crippen MR) is 118 cm³/mol. The number of anilines is 1. The smallest absolute Gasteiger partial charge is 0.171 e. The Hall–Kier alpha value is -2.86. The van der Waals surface area contributed by atoms with Crippen LogP contribution in [-0.2, 0) is 6.54 Å². The molecule has 0 atom stereocenters. The molecule has 3 aromatic rings. The van der Waals surface area contributed by atoms with E-state index in [1.165, 1.54) is 0 Å². The predicted octanol–water partition coefficient (Wildman–Crippen LogP) is 5.04. The lowest BCUT2D eigenvalue weighted by atomic mass is 10.2. The average molecular weight is 395 g/mol. The van der Waals surface area contributed by atoms with Crippen LogP contribution in [0.2, 0.25) is 0 Å². The second-order valence-corrected chi connectivity index (χ2v) is 7.43. The SMILES string of the molecule is Cc1nn(Cc2cccc(Oc3ccccc3)c2)c(C)c1NC(=S)NC(C)C. The first-order chi connectivity index (χ1) is 13.4. The first-order valence-electron chi connectivity index (χ1n) is 9.35. The zero-order valence-electron chi connectivity index (χ0n) is 16.7. The van der Waals surface area contributed by atoms with E-state index in [-0.39, 0.29) is 6.04 Å². The van der Waals surface area contributed by atoms with Gasteiger partial charge in [-0.3, -0.25) is 4.68 Å². The van der Waals surface area contributed by atoms with E-state index in [0.717, 1.165) is 34.1 Å². The molecule has 3 rings (SSSR count). The topological polar surface area (TPSA) is 51.1 Å². The van der Waals surface area contributed by atoms with Crippen LogP contribution in [-0.4, -0.2) is 20.9 Å². The van der Waals surface area contributed by atoms with Crippen LogP contribution in [0, 0.1) is 13.8 Å². The average Bonchev–Trinajstić information content (AvgIpc) is 2.90. The Kier molecular flexibility index (Phi) is 6.31. The number of aromatic nitrogens is 2. The van der Waals surface area contributed by atoms with Gasteiger partial charge in [0.15, 0.2) is 5.11 Å². The molecule has 0 amide bonds. The van der Waals surface area contributed by atoms with Crippen LogP contribution in [0.3, 0.4) is 0 Å². The molecule has 0 aliphatic carbocycles. The largest absolute Gasteiger partial charge is 0.457 e. The number of hydrogen-bond donors (Lipinski definition) is 2. The molecule has 5 nitrogen and oxygen atoms in total. The van der Waals surface area contributed by atoms with Crippen LogP contribution in [0.5, 0.6) is 11.5 Å². The maximum Gasteiger partial charge on any atom is 0.171 e. The van der Waals surface area contributed by atoms with Crippen molar-refractivity contribution < 1.29 is 4.74 Å². The summed E-state index contributed by atoms with van der Waals surface area (Å²) in [5, 5.41) is 11.8. The van der Waals surface area contributed by atoms with Crippen molar-refractivity contribution in [3.63, 3.8) is 0 Å². The van der Waals surface area contributed by atoms with Gasteiger partial charge in [0.2, 0.25) is 0 Å². The molecule has 2 N–H and O–H groups in total. The highest BCUT2D eigenvalue weighted by Gasteiger charge is 2.13. The maximum atomic E-state index is 5.94. The van der Waals surface area contributed by atoms with E-state index in [1.807, 2.05) is 67.1 Å². The molecule has 0 aliphatic rings. The van der Waals surface area contributed by atoms with Gasteiger partial charge in [0.05, 0.1) is 23.6 Å². The summed E-state index contributed by atoms with van der Waals surface area (Å²) in [7, 11) is 0. The molecule has 0 aliphatic heterocycles. The van der Waals surface area contributed by atoms with Crippen molar-refractivity contribution >= 4 is 23.0 Å². The third-order valence-electron chi connectivity index (χ3n) is 4.25. The van der Waals surface area contributed by atoms with Crippen molar-refractivity contribution in [2.24, 2.45) is 0 Å². The Labute approximate surface area is 171 Å². The quantitative estimate of drug-likeness (QED) is 0.574. The molecule has 6 heteroatoms. The third-order valence-corrected chi connectivity index (χ3v) is 4.47. The van der Waals surface area contributed by atoms with Crippen LogP contribution >= 0.6 is 12.2 Å². The number of nitrogens with one attached hydrogen (secondary N) is 2. The molecule has 28 heavy (non-hydrogen) atoms. The van der Waals surface area contributed by atoms with Gasteiger partial charge in [-0.2, -0.15) is 5.10 Å². The normalized spacial score (nSPS) is 10.8. The van der Waals surface area contributed by atoms with Crippen LogP contribution in [0.15, 0.2) is 54.6 Å². The highest BCUT2D eigenvalue weighted by atomic mass is 32.1. The molecule has 0 fully saturated rings. The zero-order valence-corrected chi connectivity index (χ0v) is 17.5. The van der Waals surface area contributed by atoms with Gasteiger partial charge in [0.1, 0.15) is 11.5 Å². The van der Waals surface area contributed by atoms with E-state index in [2.05, 4.69) is 35.6 Å². The Balaban J connectivity index is 1.74. The summed E-state index contributed by atoms with van der Waals surface area (Å²) in [5.41, 5.74) is 4.03. The first kappa shape index (κ1) is 19.9. The third kappa shape index (κ3) is 5.10. The number of aryl methyl sites for hydroxylation is 1. The Morgan fingerprint density at radius 1 is 1.07 bits per heavy atom. The van der Waals surface area contributed by atoms with E-state index in [1.54, 1.807) is 0 Å². The van der Waals surface area contributed by atoms with Crippen molar-refractivity contribution in [3.8, 4) is 11.5 Å². The number of benzene rings is 2. The Morgan fingerprint density at radius 3 is 2.50 bits per heavy atom. The highest BCUT2D eigenvalue weighted by Crippen LogP contribution is 2.24. The molecular formula is C22H26N4OS. The molecule has 0 spiro atoms. The van der Waals surface area contributed by atoms with Crippen molar-refractivity contribution in [3.05, 3.63) is 71.5 Å². The van der Waals surface area contributed by atoms with Crippen molar-refractivity contribution in [1.29, 1.82) is 0 Å². The van der Waals surface area contributed by atoms with Gasteiger partial charge in [0.25, 0.3) is 0 Å². The highest BCUT2D eigenvalue weighted by molar-refractivity contribution is 7.80. The molecule has 1 aromatic heterocycles. The van der Waals surface area contributed by atoms with Crippen LogP contribution < -0.4 is 15.4 Å². The van der Waals surface area contributed by atoms with Gasteiger partial charge in [-0.05, 0) is 69.7 Å². The monoisotopic (exact) mass is 394 g/mol. The van der Waals surface area contributed by atoms with Crippen LogP contribution in [0.1, 0.15) is 30.8 Å². The summed E-state index contributed by atoms with van der Waals surface area (Å²) in [6.07, 6.45) is 0. The number of hydrogen-bond acceptors (Lipinski definition) is 3. The Morgan fingerprint density at radius 2 is 1.79 bits per heavy atom. The van der Waals surface area contributed by atoms with Gasteiger partial charge in [0, 0.05) is 6.04 Å². The molecule has 2 aromatic carbocycles. The lowest BCUT2D eigenvalue weighted by molar-refractivity contribution is 0.481. The summed E-state index contributed by atoms with van der Waals surface area (Å²) >= 11 is 5.37. The lowest BCUT2D eigenvalue weighted by Gasteiger charge is -2.13. The second kappa shape index (κ2) is 8.89. The Bertz CT molecular complexity index is 950. The van der Waals surface area contributed by atoms with Gasteiger partial charge in [-0.25, -0.2) is 0 Å². The van der Waals surface area contributed by atoms with E-state index in [9.17, 15) is 0 Å². The summed E-state index contributed by atoms with van der Waals surface area (Å²) in [4.78, 5) is 0. The minimum atomic E-state index is 0.281. The molecular weight excluding hydrogens is 368 g/mol. The van der Waals surface area contributed by atoms with E-state index < -0.39 is 0 Å². The van der Waals surface area contributed by atoms with E-state index in [4.69, 9.17) is 17.0 Å². The summed E-state index contributed by atoms with van der Waals surface area (Å²) in [5.74, 6) is 1.63. The molecule has 1 heterocycles. The molecule has 0 bridgehead atoms. The minimum absolute atomic E-state index is 0.281. The number of para-hydroxylation sites is 1. The van der Waals surface area contributed by atoms with Gasteiger partial charge in [-0.1, -0.05) is 30.3 Å². The molecule has 0 saturated heterocycles. The summed E-state index contributed by atoms with van der Waals surface area (Å²) in [6.45, 7) is 8.80. The lowest BCUT2D eigenvalue weighted by Crippen LogP contribution is -2.34. The zero-order chi connectivity index (χ0) is 20.1. The number of rotatable bonds is 6. The standard InChI is InChI=1S/C22H26N4OS/c1-15(2)23-22(28)24-21-16(3)25-26(17(21)4)14-18-9-8-12-20(13-18)27-19-10-6-5-7-11-19/h5-13,15H,14H2,1-4H3,(H2,23,24,28). The van der Waals surface area contributed by atoms with Crippen molar-refractivity contribution in [1.82, 2.24) is 15.1 Å². The van der Waals surface area contributed by atoms with Crippen LogP contribution in [0.4, 0.5) is 5.69 Å². The molecule has 0 unspecified atom stereocenters. The fourth-order valence-electron chi connectivity index (χ4n) is 2.95. The first-order valence-corrected chi connectivity index (χ1v) is 9.76. The summed E-state index contributed by atoms with van der Waals surface area (Å²) < 4.78 is 7.92. The van der Waals surface area contributed by atoms with Crippen molar-refractivity contribution in [2.45, 2.75) is 40.3 Å². The minimum Gasteiger partial charge on any atom is -0.457 e. The van der Waals surface area contributed by atoms with Crippen LogP contribution in [0.25, 0.3) is 0 Å². The second-order valence-electron chi connectivity index (χ2n) is 7.02. The van der Waals surface area contributed by atoms with E-state index >= 15 is 0 Å². The molecule has 146 valence electrons. The van der Waals surface area contributed by atoms with Gasteiger partial charge in [-0.15, -0.1) is 0 Å². The van der Waals surface area contributed by atoms with Gasteiger partial charge < -0.3 is 15.4 Å². The van der Waals surface area contributed by atoms with E-state index in [0.29, 0.717) is 11.7 Å². The summed E-state index contributed by atoms with van der Waals surface area (Å²) in [6, 6.07) is 18.1. The fraction of sp³-hybridized carbons (Fsp3) is 0.273. The number of ether oxygens (including phenoxy) is 1. The maximum absolute atomic E-state index is 5.94. The number of thiocarbonyl (C=S) groups is 1. The molecule has 0 radical (unpaired) electrons. The van der Waals surface area contributed by atoms with Crippen molar-refractivity contribution in [2.75, 3.05) is 5.32 Å². The fourth-order valence-corrected chi connectivity index (χ4v) is 3.29. The molecule has 0 saturated carbocycles.